The Bertz CT molecular complexity index is 806. The number of nitrogens with one attached hydrogen (secondary N) is 1. The summed E-state index contributed by atoms with van der Waals surface area (Å²) >= 11 is 7.54. The van der Waals surface area contributed by atoms with Gasteiger partial charge in [0.1, 0.15) is 5.82 Å². The van der Waals surface area contributed by atoms with E-state index in [2.05, 4.69) is 10.3 Å². The van der Waals surface area contributed by atoms with Crippen LogP contribution < -0.4 is 5.32 Å². The van der Waals surface area contributed by atoms with E-state index in [1.807, 2.05) is 17.5 Å². The van der Waals surface area contributed by atoms with Gasteiger partial charge in [-0.2, -0.15) is 0 Å². The summed E-state index contributed by atoms with van der Waals surface area (Å²) in [7, 11) is 0. The lowest BCUT2D eigenvalue weighted by Crippen LogP contribution is -2.29. The Morgan fingerprint density at radius 2 is 2.00 bits per heavy atom. The maximum Gasteiger partial charge on any atom is 0.253 e. The molecule has 0 radical (unpaired) electrons. The molecule has 2 heterocycles. The zero-order valence-corrected chi connectivity index (χ0v) is 13.4. The van der Waals surface area contributed by atoms with E-state index in [9.17, 15) is 9.18 Å². The number of halogens is 2. The van der Waals surface area contributed by atoms with E-state index in [1.165, 1.54) is 35.9 Å². The fraction of sp³-hybridized carbons (Fsp3) is 0.0588. The SMILES string of the molecule is O=C(N[C@H](c1ccc(F)cc1)c1cccs1)c1ccncc1Cl. The van der Waals surface area contributed by atoms with Crippen molar-refractivity contribution >= 4 is 28.8 Å². The van der Waals surface area contributed by atoms with E-state index in [0.717, 1.165) is 10.4 Å². The van der Waals surface area contributed by atoms with Gasteiger partial charge in [-0.05, 0) is 35.2 Å². The molecule has 1 atom stereocenters. The molecule has 0 aliphatic heterocycles. The van der Waals surface area contributed by atoms with Crippen molar-refractivity contribution in [1.29, 1.82) is 0 Å². The molecule has 1 amide bonds. The first-order chi connectivity index (χ1) is 11.1. The number of benzene rings is 1. The second-order valence-corrected chi connectivity index (χ2v) is 6.22. The normalized spacial score (nSPS) is 11.9. The van der Waals surface area contributed by atoms with Gasteiger partial charge < -0.3 is 5.32 Å². The zero-order valence-electron chi connectivity index (χ0n) is 11.9. The van der Waals surface area contributed by atoms with Crippen LogP contribution in [0.5, 0.6) is 0 Å². The molecular formula is C17H12ClFN2OS. The molecule has 3 aromatic rings. The number of nitrogens with zero attached hydrogens (tertiary/aromatic N) is 1. The standard InChI is InChI=1S/C17H12ClFN2OS/c18-14-10-20-8-7-13(14)17(22)21-16(15-2-1-9-23-15)11-3-5-12(19)6-4-11/h1-10,16H,(H,21,22)/t16-/m1/s1. The van der Waals surface area contributed by atoms with E-state index in [-0.39, 0.29) is 22.8 Å². The molecule has 0 spiro atoms. The molecule has 3 nitrogen and oxygen atoms in total. The predicted molar refractivity (Wildman–Crippen MR) is 89.3 cm³/mol. The molecular weight excluding hydrogens is 335 g/mol. The molecule has 1 aromatic carbocycles. The summed E-state index contributed by atoms with van der Waals surface area (Å²) in [5.41, 5.74) is 1.15. The lowest BCUT2D eigenvalue weighted by atomic mass is 10.0. The van der Waals surface area contributed by atoms with Crippen LogP contribution in [0.2, 0.25) is 5.02 Å². The molecule has 2 aromatic heterocycles. The van der Waals surface area contributed by atoms with Gasteiger partial charge in [0, 0.05) is 17.3 Å². The summed E-state index contributed by atoms with van der Waals surface area (Å²) in [5.74, 6) is -0.623. The van der Waals surface area contributed by atoms with Gasteiger partial charge in [-0.1, -0.05) is 29.8 Å². The van der Waals surface area contributed by atoms with Crippen molar-refractivity contribution in [2.75, 3.05) is 0 Å². The number of amides is 1. The highest BCUT2D eigenvalue weighted by molar-refractivity contribution is 7.10. The molecule has 6 heteroatoms. The second kappa shape index (κ2) is 6.89. The van der Waals surface area contributed by atoms with Gasteiger partial charge in [0.2, 0.25) is 0 Å². The number of aromatic nitrogens is 1. The van der Waals surface area contributed by atoms with E-state index in [1.54, 1.807) is 18.2 Å². The first kappa shape index (κ1) is 15.6. The summed E-state index contributed by atoms with van der Waals surface area (Å²) in [6.45, 7) is 0. The van der Waals surface area contributed by atoms with Crippen molar-refractivity contribution in [2.45, 2.75) is 6.04 Å². The number of carbonyl (C=O) groups excluding carboxylic acids is 1. The number of thiophene rings is 1. The minimum Gasteiger partial charge on any atom is -0.340 e. The first-order valence-corrected chi connectivity index (χ1v) is 8.10. The Morgan fingerprint density at radius 1 is 1.22 bits per heavy atom. The Balaban J connectivity index is 1.92. The van der Waals surface area contributed by atoms with Crippen LogP contribution in [0, 0.1) is 5.82 Å². The van der Waals surface area contributed by atoms with Crippen LogP contribution in [0.3, 0.4) is 0 Å². The smallest absolute Gasteiger partial charge is 0.253 e. The summed E-state index contributed by atoms with van der Waals surface area (Å²) in [4.78, 5) is 17.3. The summed E-state index contributed by atoms with van der Waals surface area (Å²) in [6.07, 6.45) is 2.94. The molecule has 0 unspecified atom stereocenters. The van der Waals surface area contributed by atoms with E-state index < -0.39 is 0 Å². The van der Waals surface area contributed by atoms with Crippen LogP contribution in [-0.2, 0) is 0 Å². The summed E-state index contributed by atoms with van der Waals surface area (Å²) < 4.78 is 13.2. The van der Waals surface area contributed by atoms with Crippen molar-refractivity contribution < 1.29 is 9.18 Å². The maximum atomic E-state index is 13.2. The third-order valence-electron chi connectivity index (χ3n) is 3.32. The van der Waals surface area contributed by atoms with Crippen LogP contribution in [-0.4, -0.2) is 10.9 Å². The lowest BCUT2D eigenvalue weighted by molar-refractivity contribution is 0.0943. The molecule has 0 bridgehead atoms. The van der Waals surface area contributed by atoms with Crippen LogP contribution in [0.15, 0.2) is 60.2 Å². The molecule has 0 aliphatic carbocycles. The van der Waals surface area contributed by atoms with Gasteiger partial charge >= 0.3 is 0 Å². The van der Waals surface area contributed by atoms with Crippen molar-refractivity contribution in [3.8, 4) is 0 Å². The predicted octanol–water partition coefficient (Wildman–Crippen LogP) is 4.46. The quantitative estimate of drug-likeness (QED) is 0.758. The van der Waals surface area contributed by atoms with Crippen molar-refractivity contribution in [2.24, 2.45) is 0 Å². The number of carbonyl (C=O) groups is 1. The van der Waals surface area contributed by atoms with Gasteiger partial charge in [-0.15, -0.1) is 11.3 Å². The highest BCUT2D eigenvalue weighted by Crippen LogP contribution is 2.27. The average Bonchev–Trinajstić information content (AvgIpc) is 3.08. The molecule has 0 fully saturated rings. The zero-order chi connectivity index (χ0) is 16.2. The molecule has 1 N–H and O–H groups in total. The number of rotatable bonds is 4. The van der Waals surface area contributed by atoms with Crippen LogP contribution in [0.1, 0.15) is 26.8 Å². The molecule has 0 aliphatic rings. The van der Waals surface area contributed by atoms with Crippen LogP contribution >= 0.6 is 22.9 Å². The third kappa shape index (κ3) is 3.57. The number of pyridine rings is 1. The van der Waals surface area contributed by atoms with Crippen molar-refractivity contribution in [1.82, 2.24) is 10.3 Å². The first-order valence-electron chi connectivity index (χ1n) is 6.84. The Kier molecular flexibility index (Phi) is 4.69. The second-order valence-electron chi connectivity index (χ2n) is 4.83. The van der Waals surface area contributed by atoms with Crippen LogP contribution in [0.4, 0.5) is 4.39 Å². The van der Waals surface area contributed by atoms with Crippen LogP contribution in [0.25, 0.3) is 0 Å². The van der Waals surface area contributed by atoms with E-state index >= 15 is 0 Å². The fourth-order valence-electron chi connectivity index (χ4n) is 2.20. The molecule has 0 saturated carbocycles. The van der Waals surface area contributed by atoms with Gasteiger partial charge in [0.05, 0.1) is 16.6 Å². The maximum absolute atomic E-state index is 13.2. The highest BCUT2D eigenvalue weighted by atomic mass is 35.5. The molecule has 0 saturated heterocycles. The van der Waals surface area contributed by atoms with Crippen molar-refractivity contribution in [3.63, 3.8) is 0 Å². The summed E-state index contributed by atoms with van der Waals surface area (Å²) in [5, 5.41) is 5.16. The molecule has 3 rings (SSSR count). The minimum atomic E-state index is -0.368. The molecule has 116 valence electrons. The fourth-order valence-corrected chi connectivity index (χ4v) is 3.21. The summed E-state index contributed by atoms with van der Waals surface area (Å²) in [6, 6.07) is 11.1. The van der Waals surface area contributed by atoms with E-state index in [0.29, 0.717) is 5.56 Å². The lowest BCUT2D eigenvalue weighted by Gasteiger charge is -2.18. The van der Waals surface area contributed by atoms with E-state index in [4.69, 9.17) is 11.6 Å². The third-order valence-corrected chi connectivity index (χ3v) is 4.56. The van der Waals surface area contributed by atoms with Crippen molar-refractivity contribution in [3.05, 3.63) is 87.1 Å². The Hall–Kier alpha value is -2.24. The molecule has 23 heavy (non-hydrogen) atoms. The minimum absolute atomic E-state index is 0.286. The Morgan fingerprint density at radius 3 is 2.65 bits per heavy atom. The number of hydrogen-bond donors (Lipinski definition) is 1. The topological polar surface area (TPSA) is 42.0 Å². The van der Waals surface area contributed by atoms with Gasteiger partial charge in [-0.25, -0.2) is 4.39 Å². The Labute approximate surface area is 141 Å². The number of hydrogen-bond acceptors (Lipinski definition) is 3. The average molecular weight is 347 g/mol. The van der Waals surface area contributed by atoms with Gasteiger partial charge in [0.25, 0.3) is 5.91 Å². The monoisotopic (exact) mass is 346 g/mol. The van der Waals surface area contributed by atoms with Gasteiger partial charge in [-0.3, -0.25) is 9.78 Å². The van der Waals surface area contributed by atoms with Gasteiger partial charge in [0.15, 0.2) is 0 Å². The largest absolute Gasteiger partial charge is 0.340 e. The highest BCUT2D eigenvalue weighted by Gasteiger charge is 2.20.